The van der Waals surface area contributed by atoms with Crippen molar-refractivity contribution in [3.05, 3.63) is 71.8 Å². The molecule has 2 aromatic heterocycles. The van der Waals surface area contributed by atoms with Gasteiger partial charge in [0.2, 0.25) is 15.8 Å². The third kappa shape index (κ3) is 5.79. The summed E-state index contributed by atoms with van der Waals surface area (Å²) in [4.78, 5) is 23.5. The molecule has 3 heterocycles. The van der Waals surface area contributed by atoms with Gasteiger partial charge in [0, 0.05) is 48.3 Å². The van der Waals surface area contributed by atoms with E-state index in [9.17, 15) is 40.4 Å². The highest BCUT2D eigenvalue weighted by molar-refractivity contribution is 7.89. The van der Waals surface area contributed by atoms with Gasteiger partial charge in [-0.2, -0.15) is 22.7 Å². The number of sulfonamides is 1. The number of Topliss-reactive ketones (excluding diaryl/α,β-unsaturated/α-hetero) is 1. The first-order chi connectivity index (χ1) is 18.3. The molecule has 0 N–H and O–H groups in total. The lowest BCUT2D eigenvalue weighted by atomic mass is 10.0. The SMILES string of the molecule is C[C@H]1[C@H](F)C[C@@H](C(=O)CCc2cc(-c3cnc(C(F)(F)F)nc3)c(C#N)cn2)N1S(=O)(=O)c1ccc(F)cc1. The van der Waals surface area contributed by atoms with Crippen molar-refractivity contribution in [2.24, 2.45) is 0 Å². The maximum atomic E-state index is 14.6. The van der Waals surface area contributed by atoms with Crippen molar-refractivity contribution in [2.75, 3.05) is 0 Å². The molecule has 0 amide bonds. The van der Waals surface area contributed by atoms with E-state index < -0.39 is 51.9 Å². The fourth-order valence-electron chi connectivity index (χ4n) is 4.34. The predicted molar refractivity (Wildman–Crippen MR) is 126 cm³/mol. The molecule has 3 atom stereocenters. The molecular formula is C25H20F5N5O3S. The number of hydrogen-bond acceptors (Lipinski definition) is 7. The van der Waals surface area contributed by atoms with E-state index in [1.165, 1.54) is 19.2 Å². The number of aryl methyl sites for hydroxylation is 1. The minimum Gasteiger partial charge on any atom is -0.298 e. The Bertz CT molecular complexity index is 1520. The van der Waals surface area contributed by atoms with Crippen molar-refractivity contribution in [3.63, 3.8) is 0 Å². The van der Waals surface area contributed by atoms with E-state index in [-0.39, 0.29) is 46.5 Å². The quantitative estimate of drug-likeness (QED) is 0.393. The second kappa shape index (κ2) is 10.7. The van der Waals surface area contributed by atoms with Gasteiger partial charge in [-0.1, -0.05) is 0 Å². The van der Waals surface area contributed by atoms with Gasteiger partial charge in [-0.3, -0.25) is 9.78 Å². The molecule has 8 nitrogen and oxygen atoms in total. The van der Waals surface area contributed by atoms with Crippen LogP contribution in [0.5, 0.6) is 0 Å². The summed E-state index contributed by atoms with van der Waals surface area (Å²) in [7, 11) is -4.32. The van der Waals surface area contributed by atoms with Crippen LogP contribution in [-0.4, -0.2) is 51.7 Å². The summed E-state index contributed by atoms with van der Waals surface area (Å²) in [6.07, 6.45) is -3.93. The molecule has 1 aliphatic rings. The molecule has 1 fully saturated rings. The minimum atomic E-state index is -4.74. The summed E-state index contributed by atoms with van der Waals surface area (Å²) in [5, 5.41) is 9.40. The number of ketones is 1. The van der Waals surface area contributed by atoms with Gasteiger partial charge in [0.1, 0.15) is 18.1 Å². The Morgan fingerprint density at radius 3 is 2.36 bits per heavy atom. The fourth-order valence-corrected chi connectivity index (χ4v) is 6.17. The van der Waals surface area contributed by atoms with E-state index in [4.69, 9.17) is 0 Å². The Morgan fingerprint density at radius 2 is 1.77 bits per heavy atom. The van der Waals surface area contributed by atoms with Crippen LogP contribution < -0.4 is 0 Å². The van der Waals surface area contributed by atoms with Gasteiger partial charge in [-0.15, -0.1) is 0 Å². The Labute approximate surface area is 220 Å². The smallest absolute Gasteiger partial charge is 0.298 e. The van der Waals surface area contributed by atoms with Gasteiger partial charge in [-0.05, 0) is 43.7 Å². The molecule has 1 aromatic carbocycles. The number of aromatic nitrogens is 3. The first-order valence-electron chi connectivity index (χ1n) is 11.6. The van der Waals surface area contributed by atoms with Gasteiger partial charge in [0.25, 0.3) is 0 Å². The minimum absolute atomic E-state index is 0.0225. The van der Waals surface area contributed by atoms with Gasteiger partial charge >= 0.3 is 6.18 Å². The fraction of sp³-hybridized carbons (Fsp3) is 0.320. The molecular weight excluding hydrogens is 545 g/mol. The predicted octanol–water partition coefficient (Wildman–Crippen LogP) is 4.26. The standard InChI is InChI=1S/C25H20F5N5O3S/c1-14-21(27)9-22(35(14)39(37,38)19-5-2-17(26)3-6-19)23(36)7-4-18-8-20(15(10-31)11-32-18)16-12-33-24(34-13-16)25(28,29)30/h2-3,5-6,8,11-14,21-22H,4,7,9H2,1H3/t14-,21+,22-/m0/s1. The molecule has 1 aliphatic heterocycles. The van der Waals surface area contributed by atoms with Gasteiger partial charge in [0.05, 0.1) is 22.5 Å². The van der Waals surface area contributed by atoms with Crippen LogP contribution in [0, 0.1) is 17.1 Å². The molecule has 14 heteroatoms. The Kier molecular flexibility index (Phi) is 7.76. The number of rotatable bonds is 7. The first kappa shape index (κ1) is 28.2. The molecule has 204 valence electrons. The second-order valence-electron chi connectivity index (χ2n) is 8.89. The van der Waals surface area contributed by atoms with E-state index in [0.29, 0.717) is 0 Å². The average Bonchev–Trinajstić information content (AvgIpc) is 3.21. The van der Waals surface area contributed by atoms with Crippen molar-refractivity contribution in [1.82, 2.24) is 19.3 Å². The summed E-state index contributed by atoms with van der Waals surface area (Å²) >= 11 is 0. The Balaban J connectivity index is 1.55. The number of halogens is 5. The van der Waals surface area contributed by atoms with E-state index in [1.54, 1.807) is 0 Å². The first-order valence-corrected chi connectivity index (χ1v) is 13.0. The van der Waals surface area contributed by atoms with Crippen LogP contribution in [0.2, 0.25) is 0 Å². The molecule has 4 rings (SSSR count). The topological polar surface area (TPSA) is 117 Å². The summed E-state index contributed by atoms with van der Waals surface area (Å²) in [5.74, 6) is -2.57. The van der Waals surface area contributed by atoms with Crippen molar-refractivity contribution < 1.29 is 35.2 Å². The van der Waals surface area contributed by atoms with Crippen molar-refractivity contribution in [2.45, 2.75) is 55.5 Å². The lowest BCUT2D eigenvalue weighted by molar-refractivity contribution is -0.145. The number of nitriles is 1. The third-order valence-electron chi connectivity index (χ3n) is 6.37. The number of nitrogens with zero attached hydrogens (tertiary/aromatic N) is 5. The highest BCUT2D eigenvalue weighted by Crippen LogP contribution is 2.34. The number of hydrogen-bond donors (Lipinski definition) is 0. The molecule has 0 saturated carbocycles. The number of pyridine rings is 1. The summed E-state index contributed by atoms with van der Waals surface area (Å²) in [6.45, 7) is 1.35. The normalized spacial score (nSPS) is 20.1. The van der Waals surface area contributed by atoms with Crippen LogP contribution >= 0.6 is 0 Å². The van der Waals surface area contributed by atoms with Crippen molar-refractivity contribution >= 4 is 15.8 Å². The van der Waals surface area contributed by atoms with Crippen molar-refractivity contribution in [1.29, 1.82) is 5.26 Å². The van der Waals surface area contributed by atoms with Crippen molar-refractivity contribution in [3.8, 4) is 17.2 Å². The molecule has 0 unspecified atom stereocenters. The van der Waals surface area contributed by atoms with Crippen LogP contribution in [0.25, 0.3) is 11.1 Å². The Morgan fingerprint density at radius 1 is 1.13 bits per heavy atom. The average molecular weight is 566 g/mol. The van der Waals surface area contributed by atoms with Crippen LogP contribution in [0.3, 0.4) is 0 Å². The molecule has 0 aliphatic carbocycles. The second-order valence-corrected chi connectivity index (χ2v) is 10.7. The van der Waals surface area contributed by atoms with Gasteiger partial charge < -0.3 is 0 Å². The molecule has 0 spiro atoms. The monoisotopic (exact) mass is 565 g/mol. The van der Waals surface area contributed by atoms with Gasteiger partial charge in [0.15, 0.2) is 5.78 Å². The number of benzene rings is 1. The van der Waals surface area contributed by atoms with E-state index in [2.05, 4.69) is 15.0 Å². The zero-order chi connectivity index (χ0) is 28.5. The highest BCUT2D eigenvalue weighted by Gasteiger charge is 2.48. The van der Waals surface area contributed by atoms with E-state index in [0.717, 1.165) is 41.0 Å². The molecule has 1 saturated heterocycles. The largest absolute Gasteiger partial charge is 0.451 e. The molecule has 3 aromatic rings. The summed E-state index contributed by atoms with van der Waals surface area (Å²) in [5.41, 5.74) is 0.640. The molecule has 0 bridgehead atoms. The van der Waals surface area contributed by atoms with Gasteiger partial charge in [-0.25, -0.2) is 27.2 Å². The summed E-state index contributed by atoms with van der Waals surface area (Å²) in [6, 6.07) is 4.83. The molecule has 0 radical (unpaired) electrons. The van der Waals surface area contributed by atoms with Crippen LogP contribution in [0.1, 0.15) is 36.8 Å². The number of alkyl halides is 4. The Hall–Kier alpha value is -3.83. The zero-order valence-corrected chi connectivity index (χ0v) is 21.0. The number of carbonyl (C=O) groups excluding carboxylic acids is 1. The maximum Gasteiger partial charge on any atom is 0.451 e. The summed E-state index contributed by atoms with van der Waals surface area (Å²) < 4.78 is 93.6. The van der Waals surface area contributed by atoms with Crippen LogP contribution in [0.4, 0.5) is 22.0 Å². The molecule has 39 heavy (non-hydrogen) atoms. The van der Waals surface area contributed by atoms with Crippen LogP contribution in [0.15, 0.2) is 53.8 Å². The van der Waals surface area contributed by atoms with E-state index >= 15 is 0 Å². The lowest BCUT2D eigenvalue weighted by Crippen LogP contribution is -2.44. The highest BCUT2D eigenvalue weighted by atomic mass is 32.2. The van der Waals surface area contributed by atoms with E-state index in [1.807, 2.05) is 6.07 Å². The van der Waals surface area contributed by atoms with Crippen LogP contribution in [-0.2, 0) is 27.4 Å². The third-order valence-corrected chi connectivity index (χ3v) is 8.38. The lowest BCUT2D eigenvalue weighted by Gasteiger charge is -2.26. The maximum absolute atomic E-state index is 14.6. The zero-order valence-electron chi connectivity index (χ0n) is 20.2. The number of carbonyl (C=O) groups is 1.